The highest BCUT2D eigenvalue weighted by atomic mass is 16.5. The molecule has 0 amide bonds. The Hall–Kier alpha value is -1.87. The van der Waals surface area contributed by atoms with Crippen LogP contribution in [0.1, 0.15) is 41.8 Å². The SMILES string of the molecule is CC[C@H](N)c1ccc(Oc2c(C)ccc(C)c2C)cn1. The molecule has 20 heavy (non-hydrogen) atoms. The first kappa shape index (κ1) is 14.5. The highest BCUT2D eigenvalue weighted by Gasteiger charge is 2.09. The number of ether oxygens (including phenoxy) is 1. The maximum Gasteiger partial charge on any atom is 0.145 e. The minimum Gasteiger partial charge on any atom is -0.455 e. The minimum atomic E-state index is -0.00788. The summed E-state index contributed by atoms with van der Waals surface area (Å²) < 4.78 is 5.99. The summed E-state index contributed by atoms with van der Waals surface area (Å²) in [6.45, 7) is 8.27. The summed E-state index contributed by atoms with van der Waals surface area (Å²) >= 11 is 0. The second-order valence-electron chi connectivity index (χ2n) is 5.19. The number of nitrogens with zero attached hydrogens (tertiary/aromatic N) is 1. The number of benzene rings is 1. The van der Waals surface area contributed by atoms with Crippen molar-refractivity contribution in [1.29, 1.82) is 0 Å². The molecule has 2 N–H and O–H groups in total. The van der Waals surface area contributed by atoms with E-state index in [2.05, 4.69) is 44.8 Å². The van der Waals surface area contributed by atoms with Gasteiger partial charge in [0.1, 0.15) is 11.5 Å². The molecule has 2 rings (SSSR count). The lowest BCUT2D eigenvalue weighted by Crippen LogP contribution is -2.10. The van der Waals surface area contributed by atoms with Crippen LogP contribution in [0.3, 0.4) is 0 Å². The fourth-order valence-electron chi connectivity index (χ4n) is 2.08. The molecule has 1 atom stereocenters. The largest absolute Gasteiger partial charge is 0.455 e. The summed E-state index contributed by atoms with van der Waals surface area (Å²) in [5.41, 5.74) is 10.4. The van der Waals surface area contributed by atoms with Crippen LogP contribution in [0, 0.1) is 20.8 Å². The fraction of sp³-hybridized carbons (Fsp3) is 0.353. The normalized spacial score (nSPS) is 12.2. The van der Waals surface area contributed by atoms with Gasteiger partial charge in [-0.15, -0.1) is 0 Å². The third-order valence-electron chi connectivity index (χ3n) is 3.67. The third-order valence-corrected chi connectivity index (χ3v) is 3.67. The van der Waals surface area contributed by atoms with Crippen LogP contribution in [0.4, 0.5) is 0 Å². The first-order valence-corrected chi connectivity index (χ1v) is 6.99. The first-order chi connectivity index (χ1) is 9.52. The minimum absolute atomic E-state index is 0.00788. The van der Waals surface area contributed by atoms with Crippen molar-refractivity contribution in [1.82, 2.24) is 4.98 Å². The van der Waals surface area contributed by atoms with E-state index in [0.717, 1.165) is 29.2 Å². The fourth-order valence-corrected chi connectivity index (χ4v) is 2.08. The quantitative estimate of drug-likeness (QED) is 0.905. The second-order valence-corrected chi connectivity index (χ2v) is 5.19. The zero-order chi connectivity index (χ0) is 14.7. The van der Waals surface area contributed by atoms with E-state index >= 15 is 0 Å². The molecule has 106 valence electrons. The van der Waals surface area contributed by atoms with Gasteiger partial charge in [0.05, 0.1) is 11.9 Å². The van der Waals surface area contributed by atoms with Crippen LogP contribution in [-0.2, 0) is 0 Å². The van der Waals surface area contributed by atoms with Crippen molar-refractivity contribution in [2.45, 2.75) is 40.2 Å². The summed E-state index contributed by atoms with van der Waals surface area (Å²) in [6, 6.07) is 8.04. The topological polar surface area (TPSA) is 48.1 Å². The second kappa shape index (κ2) is 6.06. The molecule has 3 heteroatoms. The van der Waals surface area contributed by atoms with Crippen molar-refractivity contribution >= 4 is 0 Å². The molecule has 0 saturated heterocycles. The predicted octanol–water partition coefficient (Wildman–Crippen LogP) is 4.21. The van der Waals surface area contributed by atoms with Gasteiger partial charge in [-0.2, -0.15) is 0 Å². The Kier molecular flexibility index (Phi) is 4.40. The Morgan fingerprint density at radius 2 is 1.80 bits per heavy atom. The summed E-state index contributed by atoms with van der Waals surface area (Å²) in [6.07, 6.45) is 2.62. The van der Waals surface area contributed by atoms with Crippen LogP contribution < -0.4 is 10.5 Å². The Morgan fingerprint density at radius 1 is 1.10 bits per heavy atom. The van der Waals surface area contributed by atoms with Crippen molar-refractivity contribution in [2.24, 2.45) is 5.73 Å². The van der Waals surface area contributed by atoms with Crippen molar-refractivity contribution in [2.75, 3.05) is 0 Å². The van der Waals surface area contributed by atoms with Crippen molar-refractivity contribution in [3.05, 3.63) is 52.8 Å². The van der Waals surface area contributed by atoms with Gasteiger partial charge in [0.15, 0.2) is 0 Å². The highest BCUT2D eigenvalue weighted by molar-refractivity contribution is 5.46. The van der Waals surface area contributed by atoms with E-state index < -0.39 is 0 Å². The van der Waals surface area contributed by atoms with Crippen molar-refractivity contribution < 1.29 is 4.74 Å². The third kappa shape index (κ3) is 2.99. The maximum absolute atomic E-state index is 5.99. The standard InChI is InChI=1S/C17H22N2O/c1-5-15(18)16-9-8-14(10-19-16)20-17-12(3)7-6-11(2)13(17)4/h6-10,15H,5,18H2,1-4H3/t15-/m0/s1. The predicted molar refractivity (Wildman–Crippen MR) is 82.2 cm³/mol. The van der Waals surface area contributed by atoms with Crippen LogP contribution in [0.5, 0.6) is 11.5 Å². The van der Waals surface area contributed by atoms with E-state index in [4.69, 9.17) is 10.5 Å². The summed E-state index contributed by atoms with van der Waals surface area (Å²) in [5.74, 6) is 1.66. The van der Waals surface area contributed by atoms with Crippen molar-refractivity contribution in [3.63, 3.8) is 0 Å². The van der Waals surface area contributed by atoms with Crippen LogP contribution in [0.25, 0.3) is 0 Å². The van der Waals surface area contributed by atoms with Gasteiger partial charge in [0.25, 0.3) is 0 Å². The molecule has 2 aromatic rings. The molecular formula is C17H22N2O. The van der Waals surface area contributed by atoms with E-state index in [0.29, 0.717) is 0 Å². The van der Waals surface area contributed by atoms with E-state index in [1.807, 2.05) is 12.1 Å². The smallest absolute Gasteiger partial charge is 0.145 e. The molecule has 1 aromatic heterocycles. The summed E-state index contributed by atoms with van der Waals surface area (Å²) in [7, 11) is 0. The van der Waals surface area contributed by atoms with Gasteiger partial charge in [-0.3, -0.25) is 4.98 Å². The number of rotatable bonds is 4. The molecule has 0 unspecified atom stereocenters. The number of pyridine rings is 1. The maximum atomic E-state index is 5.99. The molecule has 1 aromatic carbocycles. The lowest BCUT2D eigenvalue weighted by Gasteiger charge is -2.14. The summed E-state index contributed by atoms with van der Waals surface area (Å²) in [5, 5.41) is 0. The Bertz CT molecular complexity index is 591. The molecule has 3 nitrogen and oxygen atoms in total. The number of hydrogen-bond donors (Lipinski definition) is 1. The Labute approximate surface area is 120 Å². The molecule has 0 aliphatic rings. The molecule has 0 bridgehead atoms. The molecule has 0 fully saturated rings. The van der Waals surface area contributed by atoms with Gasteiger partial charge in [0, 0.05) is 6.04 Å². The molecular weight excluding hydrogens is 248 g/mol. The van der Waals surface area contributed by atoms with Crippen LogP contribution in [0.2, 0.25) is 0 Å². The monoisotopic (exact) mass is 270 g/mol. The molecule has 0 aliphatic heterocycles. The van der Waals surface area contributed by atoms with E-state index in [-0.39, 0.29) is 6.04 Å². The van der Waals surface area contributed by atoms with Gasteiger partial charge in [-0.1, -0.05) is 19.1 Å². The number of hydrogen-bond acceptors (Lipinski definition) is 3. The molecule has 0 spiro atoms. The molecule has 0 saturated carbocycles. The lowest BCUT2D eigenvalue weighted by molar-refractivity contribution is 0.471. The molecule has 1 heterocycles. The van der Waals surface area contributed by atoms with Crippen LogP contribution in [0.15, 0.2) is 30.5 Å². The summed E-state index contributed by atoms with van der Waals surface area (Å²) in [4.78, 5) is 4.38. The molecule has 0 aliphatic carbocycles. The van der Waals surface area contributed by atoms with E-state index in [9.17, 15) is 0 Å². The van der Waals surface area contributed by atoms with Crippen LogP contribution in [-0.4, -0.2) is 4.98 Å². The van der Waals surface area contributed by atoms with Gasteiger partial charge < -0.3 is 10.5 Å². The Balaban J connectivity index is 2.25. The zero-order valence-electron chi connectivity index (χ0n) is 12.6. The average molecular weight is 270 g/mol. The van der Waals surface area contributed by atoms with Gasteiger partial charge in [0.2, 0.25) is 0 Å². The average Bonchev–Trinajstić information content (AvgIpc) is 2.47. The van der Waals surface area contributed by atoms with E-state index in [1.165, 1.54) is 11.1 Å². The first-order valence-electron chi connectivity index (χ1n) is 6.99. The zero-order valence-corrected chi connectivity index (χ0v) is 12.6. The number of aryl methyl sites for hydroxylation is 2. The number of aromatic nitrogens is 1. The van der Waals surface area contributed by atoms with Gasteiger partial charge in [-0.25, -0.2) is 0 Å². The van der Waals surface area contributed by atoms with Crippen molar-refractivity contribution in [3.8, 4) is 11.5 Å². The lowest BCUT2D eigenvalue weighted by atomic mass is 10.1. The van der Waals surface area contributed by atoms with Gasteiger partial charge in [-0.05, 0) is 56.0 Å². The van der Waals surface area contributed by atoms with Gasteiger partial charge >= 0.3 is 0 Å². The van der Waals surface area contributed by atoms with E-state index in [1.54, 1.807) is 6.20 Å². The Morgan fingerprint density at radius 3 is 2.40 bits per heavy atom. The van der Waals surface area contributed by atoms with Crippen LogP contribution >= 0.6 is 0 Å². The molecule has 0 radical (unpaired) electrons. The number of nitrogens with two attached hydrogens (primary N) is 1. The highest BCUT2D eigenvalue weighted by Crippen LogP contribution is 2.30.